The zero-order valence-corrected chi connectivity index (χ0v) is 46.8. The summed E-state index contributed by atoms with van der Waals surface area (Å²) in [6.07, 6.45) is 32.4. The number of rotatable bonds is 10. The Balaban J connectivity index is 0.000000201. The zero-order valence-electron chi connectivity index (χ0n) is 42.6. The van der Waals surface area contributed by atoms with Gasteiger partial charge in [-0.25, -0.2) is 13.2 Å². The van der Waals surface area contributed by atoms with Gasteiger partial charge in [0.05, 0.1) is 22.8 Å². The first kappa shape index (κ1) is 60.6. The fourth-order valence-corrected chi connectivity index (χ4v) is 18.3. The van der Waals surface area contributed by atoms with E-state index in [1.165, 1.54) is 57.9 Å². The van der Waals surface area contributed by atoms with Crippen LogP contribution >= 0.6 is 27.3 Å². The number of allylic oxidation sites excluding steroid dienone is 12. The first-order valence-corrected chi connectivity index (χ1v) is 33.1. The molecule has 1 saturated heterocycles. The van der Waals surface area contributed by atoms with E-state index in [0.29, 0.717) is 11.8 Å². The summed E-state index contributed by atoms with van der Waals surface area (Å²) in [4.78, 5) is 4.95. The Kier molecular flexibility index (Phi) is 26.3. The van der Waals surface area contributed by atoms with Crippen molar-refractivity contribution < 1.29 is 44.3 Å². The first-order valence-electron chi connectivity index (χ1n) is 25.9. The number of hydrogen-bond acceptors (Lipinski definition) is 2. The Hall–Kier alpha value is -1.99. The van der Waals surface area contributed by atoms with Gasteiger partial charge in [0.1, 0.15) is 0 Å². The van der Waals surface area contributed by atoms with E-state index in [0.717, 1.165) is 24.7 Å². The summed E-state index contributed by atoms with van der Waals surface area (Å²) in [6.45, 7) is 21.2. The van der Waals surface area contributed by atoms with Crippen LogP contribution in [-0.4, -0.2) is 56.3 Å². The van der Waals surface area contributed by atoms with Crippen LogP contribution in [0.25, 0.3) is 0 Å². The van der Waals surface area contributed by atoms with E-state index >= 15 is 0 Å². The Morgan fingerprint density at radius 2 is 1.30 bits per heavy atom. The minimum atomic E-state index is -3.63. The Labute approximate surface area is 432 Å². The maximum absolute atomic E-state index is 12.2. The van der Waals surface area contributed by atoms with Crippen molar-refractivity contribution in [3.8, 4) is 0 Å². The standard InChI is InChI=1S/C20H29N2.C18H33P.C7H8F4.C7H6.C5H5F3.2ClH.Ru/c1-14-6-7-19(16(3)10-14)21-8-9-22(13-21)20-17(4)11-15(2)12-18(20)5;1-4-10-16(11-5-1)19(17-12-6-2-7-13-17)18-14-8-3-9-15-18;1-5(8)3-4-7(10,11)6(2)9;1-7-5-3-2-4-6-7;6-4-2-1-3-5(4,7)8;;;/h6-7,11,13,16,18H,8-10,12H2,1-5H3;16-18H,1-15H2;1-4H2;1-6H;2H,1,3H2;2*1H;/q-1;;;;;;;+2/p-1/t16-,18+;;;;;;;/m0......./s1. The van der Waals surface area contributed by atoms with E-state index in [1.54, 1.807) is 96.3 Å². The molecule has 1 aliphatic heterocycles. The van der Waals surface area contributed by atoms with Crippen LogP contribution in [0.3, 0.4) is 0 Å². The molecule has 7 aliphatic rings. The molecule has 0 spiro atoms. The molecule has 70 heavy (non-hydrogen) atoms. The molecule has 2 atom stereocenters. The molecule has 6 aliphatic carbocycles. The molecule has 396 valence electrons. The molecule has 0 N–H and O–H groups in total. The van der Waals surface area contributed by atoms with Gasteiger partial charge >= 0.3 is 73.4 Å². The summed E-state index contributed by atoms with van der Waals surface area (Å²) in [5.74, 6) is -9.42. The van der Waals surface area contributed by atoms with E-state index in [9.17, 15) is 30.7 Å². The summed E-state index contributed by atoms with van der Waals surface area (Å²) >= 11 is -1.61. The minimum absolute atomic E-state index is 0.0465. The number of alkyl halides is 4. The summed E-state index contributed by atoms with van der Waals surface area (Å²) in [5, 5.41) is 0. The van der Waals surface area contributed by atoms with E-state index in [2.05, 4.69) is 82.5 Å². The van der Waals surface area contributed by atoms with Crippen molar-refractivity contribution in [3.63, 3.8) is 0 Å². The topological polar surface area (TPSA) is 6.48 Å². The van der Waals surface area contributed by atoms with Crippen molar-refractivity contribution in [2.24, 2.45) is 11.8 Å². The Bertz CT molecular complexity index is 1950. The average Bonchev–Trinajstić information content (AvgIpc) is 3.92. The van der Waals surface area contributed by atoms with Crippen LogP contribution in [0, 0.1) is 18.5 Å². The average molecular weight is 1130 g/mol. The van der Waals surface area contributed by atoms with Gasteiger partial charge in [0, 0.05) is 40.3 Å². The maximum atomic E-state index is 12.2. The third-order valence-corrected chi connectivity index (χ3v) is 21.0. The summed E-state index contributed by atoms with van der Waals surface area (Å²) < 4.78 is 85.6. The number of halogens is 9. The van der Waals surface area contributed by atoms with E-state index < -0.39 is 55.7 Å². The van der Waals surface area contributed by atoms with Crippen molar-refractivity contribution in [1.82, 2.24) is 9.80 Å². The zero-order chi connectivity index (χ0) is 51.4. The Morgan fingerprint density at radius 3 is 1.71 bits per heavy atom. The molecule has 2 nitrogen and oxygen atoms in total. The van der Waals surface area contributed by atoms with Crippen molar-refractivity contribution in [1.29, 1.82) is 0 Å². The Morgan fingerprint density at radius 1 is 0.786 bits per heavy atom. The predicted octanol–water partition coefficient (Wildman–Crippen LogP) is 19.5. The first-order chi connectivity index (χ1) is 33.2. The van der Waals surface area contributed by atoms with E-state index in [-0.39, 0.29) is 20.8 Å². The molecule has 0 unspecified atom stereocenters. The van der Waals surface area contributed by atoms with E-state index in [4.69, 9.17) is 19.4 Å². The van der Waals surface area contributed by atoms with Crippen LogP contribution in [0.1, 0.15) is 175 Å². The van der Waals surface area contributed by atoms with Gasteiger partial charge in [-0.05, 0) is 158 Å². The van der Waals surface area contributed by atoms with Gasteiger partial charge in [-0.1, -0.05) is 69.6 Å². The molecule has 1 aromatic carbocycles. The molecule has 0 radical (unpaired) electrons. The monoisotopic (exact) mass is 1130 g/mol. The number of hydrogen-bond donors (Lipinski definition) is 0. The third-order valence-electron chi connectivity index (χ3n) is 14.6. The molecule has 3 saturated carbocycles. The molecular formula is C57H82Cl2F7N2PRu. The molecule has 13 heteroatoms. The number of nitrogens with zero attached hydrogens (tertiary/aromatic N) is 2. The molecule has 4 fully saturated rings. The summed E-state index contributed by atoms with van der Waals surface area (Å²) in [5.41, 5.74) is 12.2. The molecule has 8 rings (SSSR count). The fraction of sp³-hybridized carbons (Fsp3) is 0.614. The quantitative estimate of drug-likeness (QED) is 0.0997. The van der Waals surface area contributed by atoms with Crippen LogP contribution in [0.5, 0.6) is 0 Å². The second-order valence-corrected chi connectivity index (χ2v) is 29.7. The summed E-state index contributed by atoms with van der Waals surface area (Å²) in [7, 11) is 11.3. The molecular weight excluding hydrogens is 1050 g/mol. The van der Waals surface area contributed by atoms with Crippen LogP contribution in [0.2, 0.25) is 0 Å². The molecule has 0 bridgehead atoms. The van der Waals surface area contributed by atoms with Gasteiger partial charge in [0.15, 0.2) is 11.7 Å². The molecule has 0 aromatic heterocycles. The van der Waals surface area contributed by atoms with Crippen molar-refractivity contribution in [3.05, 3.63) is 126 Å². The van der Waals surface area contributed by atoms with Crippen molar-refractivity contribution in [2.75, 3.05) is 13.1 Å². The summed E-state index contributed by atoms with van der Waals surface area (Å²) in [6, 6.07) is 9.89. The second-order valence-electron chi connectivity index (χ2n) is 20.5. The van der Waals surface area contributed by atoms with Crippen LogP contribution < -0.4 is 0 Å². The fourth-order valence-electron chi connectivity index (χ4n) is 11.3. The van der Waals surface area contributed by atoms with E-state index in [1.807, 2.05) is 34.9 Å². The molecule has 1 aromatic rings. The molecule has 0 amide bonds. The SMILES string of the molecule is C1CCC([PH+](C2CCCCC2)C2CCCCC2)CC1.C=C(F)CCC(F)(F)C(=C)F.CC1=CC(C)=C(N2[CH-]N(C3=CC=C(C)C[C@@H]3C)CC2)[C@H](C)C1.FC1=CCCC1(F)F.[Cl][Ru]([Cl])=[CH]c1ccccc1. The predicted molar refractivity (Wildman–Crippen MR) is 284 cm³/mol. The van der Waals surface area contributed by atoms with Gasteiger partial charge < -0.3 is 9.80 Å². The molecule has 1 heterocycles. The van der Waals surface area contributed by atoms with Crippen LogP contribution in [-0.2, 0) is 13.5 Å². The number of benzene rings is 1. The second kappa shape index (κ2) is 30.4. The van der Waals surface area contributed by atoms with Gasteiger partial charge in [-0.15, -0.1) is 0 Å². The van der Waals surface area contributed by atoms with Gasteiger partial charge in [0.2, 0.25) is 0 Å². The van der Waals surface area contributed by atoms with Gasteiger partial charge in [0.25, 0.3) is 11.8 Å². The third kappa shape index (κ3) is 20.4. The normalized spacial score (nSPS) is 23.4. The van der Waals surface area contributed by atoms with Crippen molar-refractivity contribution >= 4 is 31.9 Å². The van der Waals surface area contributed by atoms with Gasteiger partial charge in [-0.3, -0.25) is 0 Å². The van der Waals surface area contributed by atoms with Crippen molar-refractivity contribution in [2.45, 2.75) is 198 Å². The van der Waals surface area contributed by atoms with Crippen LogP contribution in [0.15, 0.2) is 113 Å². The van der Waals surface area contributed by atoms with Gasteiger partial charge in [-0.2, -0.15) is 24.2 Å². The van der Waals surface area contributed by atoms with Crippen LogP contribution in [0.4, 0.5) is 30.7 Å².